The lowest BCUT2D eigenvalue weighted by molar-refractivity contribution is 0.691. The molecule has 0 amide bonds. The fourth-order valence-electron chi connectivity index (χ4n) is 0.970. The Balaban J connectivity index is 2.55. The van der Waals surface area contributed by atoms with Gasteiger partial charge >= 0.3 is 0 Å². The molecule has 1 aromatic heterocycles. The van der Waals surface area contributed by atoms with Gasteiger partial charge in [0.2, 0.25) is 0 Å². The fraction of sp³-hybridized carbons (Fsp3) is 0.556. The minimum Gasteiger partial charge on any atom is -0.262 e. The molecule has 1 atom stereocenters. The number of rotatable bonds is 3. The molecular formula is C9H13N3S. The Morgan fingerprint density at radius 3 is 2.92 bits per heavy atom. The molecule has 0 aliphatic carbocycles. The Kier molecular flexibility index (Phi) is 3.38. The summed E-state index contributed by atoms with van der Waals surface area (Å²) in [5.74, 6) is 0.926. The highest BCUT2D eigenvalue weighted by molar-refractivity contribution is 7.99. The van der Waals surface area contributed by atoms with E-state index in [1.807, 2.05) is 31.6 Å². The zero-order valence-corrected chi connectivity index (χ0v) is 8.93. The smallest absolute Gasteiger partial charge is 0.0939 e. The minimum absolute atomic E-state index is 0.0974. The average molecular weight is 195 g/mol. The number of aromatic nitrogens is 2. The quantitative estimate of drug-likeness (QED) is 0.692. The molecule has 0 radical (unpaired) electrons. The second-order valence-corrected chi connectivity index (χ2v) is 4.13. The number of nitrogens with zero attached hydrogens (tertiary/aromatic N) is 3. The van der Waals surface area contributed by atoms with Crippen LogP contribution in [0.2, 0.25) is 0 Å². The van der Waals surface area contributed by atoms with Crippen LogP contribution in [0.25, 0.3) is 0 Å². The van der Waals surface area contributed by atoms with Gasteiger partial charge in [-0.1, -0.05) is 0 Å². The van der Waals surface area contributed by atoms with Crippen molar-refractivity contribution in [3.05, 3.63) is 11.8 Å². The van der Waals surface area contributed by atoms with Crippen LogP contribution in [0.1, 0.15) is 12.6 Å². The number of hydrogen-bond acceptors (Lipinski definition) is 3. The van der Waals surface area contributed by atoms with E-state index in [4.69, 9.17) is 5.26 Å². The van der Waals surface area contributed by atoms with Crippen molar-refractivity contribution in [2.75, 3.05) is 5.75 Å². The molecular weight excluding hydrogens is 182 g/mol. The maximum Gasteiger partial charge on any atom is 0.0939 e. The van der Waals surface area contributed by atoms with Gasteiger partial charge in [-0.3, -0.25) is 4.68 Å². The number of aryl methyl sites for hydroxylation is 2. The lowest BCUT2D eigenvalue weighted by Gasteiger charge is -2.01. The second kappa shape index (κ2) is 4.33. The van der Waals surface area contributed by atoms with Crippen LogP contribution >= 0.6 is 11.8 Å². The molecule has 4 heteroatoms. The van der Waals surface area contributed by atoms with E-state index in [1.54, 1.807) is 11.8 Å². The summed E-state index contributed by atoms with van der Waals surface area (Å²) < 4.78 is 1.85. The maximum absolute atomic E-state index is 8.60. The predicted molar refractivity (Wildman–Crippen MR) is 53.4 cm³/mol. The van der Waals surface area contributed by atoms with Gasteiger partial charge < -0.3 is 0 Å². The molecule has 0 spiro atoms. The first kappa shape index (κ1) is 10.1. The second-order valence-electron chi connectivity index (χ2n) is 3.09. The van der Waals surface area contributed by atoms with Crippen LogP contribution in [0.4, 0.5) is 0 Å². The van der Waals surface area contributed by atoms with Crippen LogP contribution in [0.5, 0.6) is 0 Å². The molecule has 0 saturated heterocycles. The van der Waals surface area contributed by atoms with Crippen molar-refractivity contribution in [2.45, 2.75) is 18.9 Å². The van der Waals surface area contributed by atoms with Crippen LogP contribution in [-0.2, 0) is 7.05 Å². The van der Waals surface area contributed by atoms with E-state index in [2.05, 4.69) is 11.2 Å². The van der Waals surface area contributed by atoms with Gasteiger partial charge in [0.1, 0.15) is 0 Å². The standard InChI is InChI=1S/C9H13N3S/c1-7(5-10)6-13-9-4-8(2)11-12(9)3/h4,7H,6H2,1-3H3. The molecule has 1 aromatic rings. The summed E-state index contributed by atoms with van der Waals surface area (Å²) in [7, 11) is 1.92. The van der Waals surface area contributed by atoms with Gasteiger partial charge in [-0.05, 0) is 19.9 Å². The molecule has 0 fully saturated rings. The van der Waals surface area contributed by atoms with E-state index >= 15 is 0 Å². The molecule has 0 bridgehead atoms. The van der Waals surface area contributed by atoms with Gasteiger partial charge in [-0.15, -0.1) is 11.8 Å². The van der Waals surface area contributed by atoms with E-state index in [-0.39, 0.29) is 5.92 Å². The fourth-order valence-corrected chi connectivity index (χ4v) is 1.95. The minimum atomic E-state index is 0.0974. The summed E-state index contributed by atoms with van der Waals surface area (Å²) in [6, 6.07) is 4.25. The van der Waals surface area contributed by atoms with Gasteiger partial charge in [-0.2, -0.15) is 10.4 Å². The number of nitriles is 1. The first-order chi connectivity index (χ1) is 6.13. The molecule has 0 aromatic carbocycles. The monoisotopic (exact) mass is 195 g/mol. The molecule has 1 unspecified atom stereocenters. The van der Waals surface area contributed by atoms with Crippen molar-refractivity contribution in [1.29, 1.82) is 5.26 Å². The topological polar surface area (TPSA) is 41.6 Å². The summed E-state index contributed by atoms with van der Waals surface area (Å²) in [5, 5.41) is 14.0. The number of hydrogen-bond donors (Lipinski definition) is 0. The van der Waals surface area contributed by atoms with E-state index in [9.17, 15) is 0 Å². The summed E-state index contributed by atoms with van der Waals surface area (Å²) in [6.45, 7) is 3.90. The Labute approximate surface area is 82.7 Å². The molecule has 0 N–H and O–H groups in total. The van der Waals surface area contributed by atoms with Crippen LogP contribution in [0.3, 0.4) is 0 Å². The summed E-state index contributed by atoms with van der Waals surface area (Å²) in [6.07, 6.45) is 0. The van der Waals surface area contributed by atoms with E-state index in [0.29, 0.717) is 0 Å². The van der Waals surface area contributed by atoms with Crippen molar-refractivity contribution in [2.24, 2.45) is 13.0 Å². The Bertz CT molecular complexity index is 324. The third-order valence-corrected chi connectivity index (χ3v) is 3.01. The van der Waals surface area contributed by atoms with Gasteiger partial charge in [0, 0.05) is 12.8 Å². The van der Waals surface area contributed by atoms with Crippen molar-refractivity contribution < 1.29 is 0 Å². The third kappa shape index (κ3) is 2.78. The lowest BCUT2D eigenvalue weighted by Crippen LogP contribution is -1.97. The first-order valence-corrected chi connectivity index (χ1v) is 5.15. The van der Waals surface area contributed by atoms with Crippen LogP contribution in [0, 0.1) is 24.2 Å². The molecule has 0 saturated carbocycles. The Morgan fingerprint density at radius 1 is 1.77 bits per heavy atom. The van der Waals surface area contributed by atoms with Crippen molar-refractivity contribution >= 4 is 11.8 Å². The molecule has 3 nitrogen and oxygen atoms in total. The van der Waals surface area contributed by atoms with Crippen molar-refractivity contribution in [3.63, 3.8) is 0 Å². The number of thioether (sulfide) groups is 1. The van der Waals surface area contributed by atoms with Crippen LogP contribution < -0.4 is 0 Å². The van der Waals surface area contributed by atoms with Crippen molar-refractivity contribution in [1.82, 2.24) is 9.78 Å². The Morgan fingerprint density at radius 2 is 2.46 bits per heavy atom. The summed E-state index contributed by atoms with van der Waals surface area (Å²) in [4.78, 5) is 0. The van der Waals surface area contributed by atoms with Gasteiger partial charge in [0.25, 0.3) is 0 Å². The molecule has 13 heavy (non-hydrogen) atoms. The highest BCUT2D eigenvalue weighted by atomic mass is 32.2. The molecule has 0 aliphatic rings. The largest absolute Gasteiger partial charge is 0.262 e. The van der Waals surface area contributed by atoms with Crippen molar-refractivity contribution in [3.8, 4) is 6.07 Å². The van der Waals surface area contributed by atoms with Crippen LogP contribution in [0.15, 0.2) is 11.1 Å². The predicted octanol–water partition coefficient (Wildman–Crippen LogP) is 1.98. The normalized spacial score (nSPS) is 12.5. The summed E-state index contributed by atoms with van der Waals surface area (Å²) >= 11 is 1.68. The molecule has 0 aliphatic heterocycles. The van der Waals surface area contributed by atoms with Gasteiger partial charge in [0.05, 0.1) is 22.7 Å². The third-order valence-electron chi connectivity index (χ3n) is 1.66. The molecule has 70 valence electrons. The molecule has 1 rings (SSSR count). The van der Waals surface area contributed by atoms with E-state index < -0.39 is 0 Å². The van der Waals surface area contributed by atoms with Gasteiger partial charge in [0.15, 0.2) is 0 Å². The lowest BCUT2D eigenvalue weighted by atomic mass is 10.3. The molecule has 1 heterocycles. The average Bonchev–Trinajstić information content (AvgIpc) is 2.41. The Hall–Kier alpha value is -0.950. The summed E-state index contributed by atoms with van der Waals surface area (Å²) in [5.41, 5.74) is 1.02. The zero-order valence-electron chi connectivity index (χ0n) is 8.11. The highest BCUT2D eigenvalue weighted by Gasteiger charge is 2.05. The van der Waals surface area contributed by atoms with E-state index in [0.717, 1.165) is 16.5 Å². The van der Waals surface area contributed by atoms with Crippen LogP contribution in [-0.4, -0.2) is 15.5 Å². The zero-order chi connectivity index (χ0) is 9.84. The van der Waals surface area contributed by atoms with E-state index in [1.165, 1.54) is 0 Å². The maximum atomic E-state index is 8.60. The SMILES string of the molecule is Cc1cc(SCC(C)C#N)n(C)n1. The van der Waals surface area contributed by atoms with Gasteiger partial charge in [-0.25, -0.2) is 0 Å². The first-order valence-electron chi connectivity index (χ1n) is 4.16. The highest BCUT2D eigenvalue weighted by Crippen LogP contribution is 2.20.